The summed E-state index contributed by atoms with van der Waals surface area (Å²) in [5.41, 5.74) is 11.6. The molecule has 8 nitrogen and oxygen atoms in total. The average Bonchev–Trinajstić information content (AvgIpc) is 2.61. The normalized spacial score (nSPS) is 12.7. The van der Waals surface area contributed by atoms with Gasteiger partial charge >= 0.3 is 5.97 Å². The van der Waals surface area contributed by atoms with E-state index in [2.05, 4.69) is 15.6 Å². The summed E-state index contributed by atoms with van der Waals surface area (Å²) in [7, 11) is 0. The predicted octanol–water partition coefficient (Wildman–Crippen LogP) is 1.69. The maximum Gasteiger partial charge on any atom is 0.335 e. The molecule has 15 heavy (non-hydrogen) atoms. The highest BCUT2D eigenvalue weighted by Gasteiger charge is 2.25. The zero-order valence-corrected chi connectivity index (χ0v) is 7.28. The summed E-state index contributed by atoms with van der Waals surface area (Å²) in [5, 5.41) is 12.9. The molecule has 1 heterocycles. The summed E-state index contributed by atoms with van der Waals surface area (Å²) in [6, 6.07) is 4.25. The van der Waals surface area contributed by atoms with Gasteiger partial charge in [-0.1, -0.05) is 4.94 Å². The third-order valence-corrected chi connectivity index (χ3v) is 1.81. The Bertz CT molecular complexity index is 468. The first kappa shape index (κ1) is 9.13. The molecule has 0 bridgehead atoms. The third-order valence-electron chi connectivity index (χ3n) is 1.81. The van der Waals surface area contributed by atoms with E-state index in [0.717, 1.165) is 5.17 Å². The first-order valence-electron chi connectivity index (χ1n) is 3.88. The van der Waals surface area contributed by atoms with Gasteiger partial charge in [0.05, 0.1) is 5.56 Å². The van der Waals surface area contributed by atoms with E-state index in [4.69, 9.17) is 15.6 Å². The Morgan fingerprint density at radius 1 is 1.67 bits per heavy atom. The number of nitrogens with one attached hydrogen (secondary N) is 1. The Hall–Kier alpha value is -2.44. The number of hydrogen-bond acceptors (Lipinski definition) is 4. The molecule has 1 aromatic carbocycles. The third kappa shape index (κ3) is 1.50. The topological polar surface area (TPSA) is 111 Å². The summed E-state index contributed by atoms with van der Waals surface area (Å²) >= 11 is 0. The van der Waals surface area contributed by atoms with E-state index in [1.54, 1.807) is 0 Å². The molecule has 0 amide bonds. The molecule has 2 N–H and O–H groups in total. The van der Waals surface area contributed by atoms with Crippen LogP contribution < -0.4 is 10.7 Å². The highest BCUT2D eigenvalue weighted by atomic mass is 16.8. The highest BCUT2D eigenvalue weighted by Crippen LogP contribution is 2.32. The fourth-order valence-electron chi connectivity index (χ4n) is 1.16. The van der Waals surface area contributed by atoms with Gasteiger partial charge in [0.1, 0.15) is 5.69 Å². The van der Waals surface area contributed by atoms with Crippen LogP contribution in [0.1, 0.15) is 10.4 Å². The van der Waals surface area contributed by atoms with Gasteiger partial charge in [-0.25, -0.2) is 10.3 Å². The Labute approximate surface area is 83.2 Å². The molecular weight excluding hydrogens is 202 g/mol. The van der Waals surface area contributed by atoms with Crippen molar-refractivity contribution in [1.82, 2.24) is 0 Å². The van der Waals surface area contributed by atoms with Gasteiger partial charge in [-0.05, 0) is 23.4 Å². The molecule has 0 unspecified atom stereocenters. The van der Waals surface area contributed by atoms with Crippen LogP contribution in [0.4, 0.5) is 11.4 Å². The van der Waals surface area contributed by atoms with Gasteiger partial charge in [0.2, 0.25) is 0 Å². The summed E-state index contributed by atoms with van der Waals surface area (Å²) in [4.78, 5) is 18.0. The fourth-order valence-corrected chi connectivity index (χ4v) is 1.16. The SMILES string of the molecule is [N-]=[N+]=NN1ONc2cc(C(=O)O)ccc21. The minimum Gasteiger partial charge on any atom is -0.478 e. The van der Waals surface area contributed by atoms with Crippen LogP contribution in [0, 0.1) is 0 Å². The summed E-state index contributed by atoms with van der Waals surface area (Å²) in [6.45, 7) is 0. The molecule has 0 fully saturated rings. The van der Waals surface area contributed by atoms with Crippen molar-refractivity contribution in [2.24, 2.45) is 5.22 Å². The number of rotatable bonds is 2. The smallest absolute Gasteiger partial charge is 0.335 e. The first-order chi connectivity index (χ1) is 7.22. The zero-order chi connectivity index (χ0) is 10.8. The molecule has 0 atom stereocenters. The molecule has 1 aliphatic rings. The lowest BCUT2D eigenvalue weighted by molar-refractivity contribution is 0.0697. The molecule has 0 saturated heterocycles. The van der Waals surface area contributed by atoms with Crippen LogP contribution >= 0.6 is 0 Å². The second kappa shape index (κ2) is 3.37. The Kier molecular flexibility index (Phi) is 2.05. The maximum atomic E-state index is 10.6. The Morgan fingerprint density at radius 2 is 2.47 bits per heavy atom. The van der Waals surface area contributed by atoms with E-state index < -0.39 is 5.97 Å². The number of aromatic carboxylic acids is 1. The first-order valence-corrected chi connectivity index (χ1v) is 3.88. The van der Waals surface area contributed by atoms with Crippen molar-refractivity contribution in [3.05, 3.63) is 34.2 Å². The number of carboxylic acid groups (broad SMARTS) is 1. The minimum atomic E-state index is -1.04. The van der Waals surface area contributed by atoms with Gasteiger partial charge in [-0.3, -0.25) is 0 Å². The number of carbonyl (C=O) groups is 1. The summed E-state index contributed by atoms with van der Waals surface area (Å²) in [6.07, 6.45) is 0. The molecule has 0 spiro atoms. The van der Waals surface area contributed by atoms with Crippen molar-refractivity contribution < 1.29 is 14.8 Å². The van der Waals surface area contributed by atoms with Crippen molar-refractivity contribution >= 4 is 17.3 Å². The molecule has 0 aromatic heterocycles. The molecule has 0 aliphatic carbocycles. The van der Waals surface area contributed by atoms with Crippen LogP contribution in [0.3, 0.4) is 0 Å². The second-order valence-corrected chi connectivity index (χ2v) is 2.68. The number of fused-ring (bicyclic) bond motifs is 1. The average molecular weight is 207 g/mol. The Balaban J connectivity index is 2.41. The van der Waals surface area contributed by atoms with E-state index in [9.17, 15) is 4.79 Å². The lowest BCUT2D eigenvalue weighted by Crippen LogP contribution is -2.10. The van der Waals surface area contributed by atoms with Crippen molar-refractivity contribution in [3.8, 4) is 0 Å². The fraction of sp³-hybridized carbons (Fsp3) is 0. The molecule has 0 radical (unpaired) electrons. The van der Waals surface area contributed by atoms with Gasteiger partial charge in [-0.2, -0.15) is 4.91 Å². The van der Waals surface area contributed by atoms with Gasteiger partial charge < -0.3 is 5.11 Å². The van der Waals surface area contributed by atoms with Crippen LogP contribution in [0.5, 0.6) is 0 Å². The molecule has 0 saturated carbocycles. The maximum absolute atomic E-state index is 10.6. The number of anilines is 2. The monoisotopic (exact) mass is 207 g/mol. The van der Waals surface area contributed by atoms with Crippen LogP contribution in [-0.2, 0) is 4.94 Å². The van der Waals surface area contributed by atoms with Gasteiger partial charge in [0.15, 0.2) is 5.69 Å². The second-order valence-electron chi connectivity index (χ2n) is 2.68. The molecule has 2 rings (SSSR count). The van der Waals surface area contributed by atoms with E-state index in [0.29, 0.717) is 11.4 Å². The van der Waals surface area contributed by atoms with Crippen LogP contribution in [0.2, 0.25) is 0 Å². The quantitative estimate of drug-likeness (QED) is 0.435. The molecule has 1 aliphatic heterocycles. The number of nitrogens with zero attached hydrogens (tertiary/aromatic N) is 4. The number of carboxylic acids is 1. The van der Waals surface area contributed by atoms with E-state index in [1.165, 1.54) is 18.2 Å². The van der Waals surface area contributed by atoms with Gasteiger partial charge in [0, 0.05) is 5.22 Å². The van der Waals surface area contributed by atoms with E-state index in [-0.39, 0.29) is 5.56 Å². The van der Waals surface area contributed by atoms with Crippen molar-refractivity contribution in [2.75, 3.05) is 10.7 Å². The number of hydrogen-bond donors (Lipinski definition) is 2. The molecule has 1 aromatic rings. The lowest BCUT2D eigenvalue weighted by atomic mass is 10.2. The predicted molar refractivity (Wildman–Crippen MR) is 49.7 cm³/mol. The zero-order valence-electron chi connectivity index (χ0n) is 7.28. The van der Waals surface area contributed by atoms with Crippen LogP contribution in [0.15, 0.2) is 23.4 Å². The molecule has 76 valence electrons. The van der Waals surface area contributed by atoms with E-state index >= 15 is 0 Å². The van der Waals surface area contributed by atoms with Crippen LogP contribution in [-0.4, -0.2) is 11.1 Å². The summed E-state index contributed by atoms with van der Waals surface area (Å²) < 4.78 is 0. The van der Waals surface area contributed by atoms with Gasteiger partial charge in [0.25, 0.3) is 0 Å². The summed E-state index contributed by atoms with van der Waals surface area (Å²) in [5.74, 6) is -1.04. The minimum absolute atomic E-state index is 0.118. The van der Waals surface area contributed by atoms with Crippen molar-refractivity contribution in [2.45, 2.75) is 0 Å². The van der Waals surface area contributed by atoms with Gasteiger partial charge in [-0.15, -0.1) is 5.53 Å². The lowest BCUT2D eigenvalue weighted by Gasteiger charge is -1.99. The van der Waals surface area contributed by atoms with E-state index in [1.807, 2.05) is 0 Å². The number of azide groups is 1. The van der Waals surface area contributed by atoms with Crippen LogP contribution in [0.25, 0.3) is 10.4 Å². The standard InChI is InChI=1S/C7H5N5O3/c8-10-11-12-6-2-1-4(7(13)14)3-5(6)9-15-12/h1-3,9H,(H,13,14). The largest absolute Gasteiger partial charge is 0.478 e. The molecule has 8 heteroatoms. The Morgan fingerprint density at radius 3 is 3.13 bits per heavy atom. The highest BCUT2D eigenvalue weighted by molar-refractivity contribution is 5.91. The van der Waals surface area contributed by atoms with Crippen molar-refractivity contribution in [1.29, 1.82) is 0 Å². The number of benzene rings is 1. The van der Waals surface area contributed by atoms with Crippen molar-refractivity contribution in [3.63, 3.8) is 0 Å². The molecular formula is C7H5N5O3.